The first-order valence-corrected chi connectivity index (χ1v) is 8.98. The number of nitrogens with zero attached hydrogens (tertiary/aromatic N) is 2. The molecule has 0 unspecified atom stereocenters. The molecular formula is C13H25N3O2S2. The number of likely N-dealkylation sites (N-methyl/N-ethyl adjacent to an activating group) is 1. The fraction of sp³-hybridized carbons (Fsp3) is 0.692. The van der Waals surface area contributed by atoms with Gasteiger partial charge in [-0.25, -0.2) is 12.7 Å². The summed E-state index contributed by atoms with van der Waals surface area (Å²) in [6.45, 7) is 2.29. The molecule has 0 atom stereocenters. The van der Waals surface area contributed by atoms with Gasteiger partial charge in [0.25, 0.3) is 10.0 Å². The zero-order valence-electron chi connectivity index (χ0n) is 12.7. The SMILES string of the molecule is CNCCc1ccc(S(=O)(=O)N(C)CCCN(C)C)s1. The zero-order chi connectivity index (χ0) is 15.2. The minimum absolute atomic E-state index is 0.441. The van der Waals surface area contributed by atoms with Gasteiger partial charge in [-0.3, -0.25) is 0 Å². The summed E-state index contributed by atoms with van der Waals surface area (Å²) in [5.41, 5.74) is 0. The fourth-order valence-electron chi connectivity index (χ4n) is 1.76. The molecule has 0 saturated carbocycles. The van der Waals surface area contributed by atoms with E-state index < -0.39 is 10.0 Å². The third-order valence-electron chi connectivity index (χ3n) is 3.00. The van der Waals surface area contributed by atoms with E-state index >= 15 is 0 Å². The summed E-state index contributed by atoms with van der Waals surface area (Å²) in [5, 5.41) is 3.07. The zero-order valence-corrected chi connectivity index (χ0v) is 14.4. The highest BCUT2D eigenvalue weighted by Gasteiger charge is 2.22. The second-order valence-corrected chi connectivity index (χ2v) is 8.50. The molecule has 5 nitrogen and oxygen atoms in total. The van der Waals surface area contributed by atoms with Crippen molar-refractivity contribution in [2.75, 3.05) is 47.8 Å². The van der Waals surface area contributed by atoms with Crippen molar-refractivity contribution in [3.8, 4) is 0 Å². The Bertz CT molecular complexity index is 497. The van der Waals surface area contributed by atoms with Gasteiger partial charge in [0.15, 0.2) is 0 Å². The van der Waals surface area contributed by atoms with Gasteiger partial charge in [0, 0.05) is 18.5 Å². The Morgan fingerprint density at radius 1 is 1.20 bits per heavy atom. The van der Waals surface area contributed by atoms with Crippen LogP contribution in [0.1, 0.15) is 11.3 Å². The van der Waals surface area contributed by atoms with Crippen molar-refractivity contribution in [3.63, 3.8) is 0 Å². The summed E-state index contributed by atoms with van der Waals surface area (Å²) < 4.78 is 26.7. The van der Waals surface area contributed by atoms with Crippen LogP contribution >= 0.6 is 11.3 Å². The maximum absolute atomic E-state index is 12.4. The van der Waals surface area contributed by atoms with Crippen LogP contribution in [0, 0.1) is 0 Å². The van der Waals surface area contributed by atoms with Gasteiger partial charge >= 0.3 is 0 Å². The smallest absolute Gasteiger partial charge is 0.252 e. The van der Waals surface area contributed by atoms with Crippen LogP contribution in [0.4, 0.5) is 0 Å². The van der Waals surface area contributed by atoms with Crippen molar-refractivity contribution in [2.45, 2.75) is 17.1 Å². The molecule has 116 valence electrons. The number of thiophene rings is 1. The molecule has 1 N–H and O–H groups in total. The van der Waals surface area contributed by atoms with E-state index in [4.69, 9.17) is 0 Å². The minimum Gasteiger partial charge on any atom is -0.319 e. The fourth-order valence-corrected chi connectivity index (χ4v) is 4.54. The number of hydrogen-bond donors (Lipinski definition) is 1. The van der Waals surface area contributed by atoms with Crippen molar-refractivity contribution in [2.24, 2.45) is 0 Å². The summed E-state index contributed by atoms with van der Waals surface area (Å²) in [6.07, 6.45) is 1.70. The van der Waals surface area contributed by atoms with Gasteiger partial charge < -0.3 is 10.2 Å². The quantitative estimate of drug-likeness (QED) is 0.740. The van der Waals surface area contributed by atoms with Crippen LogP contribution in [0.15, 0.2) is 16.3 Å². The van der Waals surface area contributed by atoms with Gasteiger partial charge in [0.05, 0.1) is 0 Å². The van der Waals surface area contributed by atoms with E-state index in [9.17, 15) is 8.42 Å². The number of sulfonamides is 1. The molecule has 7 heteroatoms. The molecule has 1 heterocycles. The Morgan fingerprint density at radius 2 is 1.90 bits per heavy atom. The lowest BCUT2D eigenvalue weighted by molar-refractivity contribution is 0.370. The van der Waals surface area contributed by atoms with E-state index in [0.29, 0.717) is 10.8 Å². The highest BCUT2D eigenvalue weighted by atomic mass is 32.2. The van der Waals surface area contributed by atoms with E-state index in [1.807, 2.05) is 27.2 Å². The molecular weight excluding hydrogens is 294 g/mol. The van der Waals surface area contributed by atoms with E-state index in [1.165, 1.54) is 15.6 Å². The molecule has 0 radical (unpaired) electrons. The maximum atomic E-state index is 12.4. The lowest BCUT2D eigenvalue weighted by atomic mass is 10.3. The van der Waals surface area contributed by atoms with Gasteiger partial charge in [0.1, 0.15) is 4.21 Å². The summed E-state index contributed by atoms with van der Waals surface area (Å²) >= 11 is 1.37. The highest BCUT2D eigenvalue weighted by molar-refractivity contribution is 7.91. The molecule has 0 aromatic carbocycles. The lowest BCUT2D eigenvalue weighted by Gasteiger charge is -2.17. The molecule has 1 rings (SSSR count). The molecule has 0 fully saturated rings. The Hall–Kier alpha value is -0.470. The Morgan fingerprint density at radius 3 is 2.50 bits per heavy atom. The monoisotopic (exact) mass is 319 g/mol. The second-order valence-electron chi connectivity index (χ2n) is 5.06. The number of nitrogens with one attached hydrogen (secondary N) is 1. The van der Waals surface area contributed by atoms with Crippen LogP contribution in [0.2, 0.25) is 0 Å². The van der Waals surface area contributed by atoms with Crippen LogP contribution in [0.3, 0.4) is 0 Å². The largest absolute Gasteiger partial charge is 0.319 e. The minimum atomic E-state index is -3.33. The summed E-state index contributed by atoms with van der Waals surface area (Å²) in [5.74, 6) is 0. The van der Waals surface area contributed by atoms with E-state index in [2.05, 4.69) is 10.2 Å². The van der Waals surface area contributed by atoms with Gasteiger partial charge in [-0.05, 0) is 59.2 Å². The molecule has 1 aromatic rings. The van der Waals surface area contributed by atoms with E-state index in [-0.39, 0.29) is 0 Å². The van der Waals surface area contributed by atoms with Gasteiger partial charge in [-0.1, -0.05) is 0 Å². The van der Waals surface area contributed by atoms with Crippen LogP contribution in [0.25, 0.3) is 0 Å². The van der Waals surface area contributed by atoms with Crippen LogP contribution < -0.4 is 5.32 Å². The lowest BCUT2D eigenvalue weighted by Crippen LogP contribution is -2.29. The molecule has 20 heavy (non-hydrogen) atoms. The van der Waals surface area contributed by atoms with Crippen LogP contribution in [-0.2, 0) is 16.4 Å². The Labute approximate surface area is 126 Å². The van der Waals surface area contributed by atoms with Crippen LogP contribution in [0.5, 0.6) is 0 Å². The first-order valence-electron chi connectivity index (χ1n) is 6.72. The molecule has 0 spiro atoms. The highest BCUT2D eigenvalue weighted by Crippen LogP contribution is 2.24. The molecule has 0 amide bonds. The first-order chi connectivity index (χ1) is 9.37. The molecule has 0 bridgehead atoms. The standard InChI is InChI=1S/C13H25N3O2S2/c1-14-9-8-12-6-7-13(19-12)20(17,18)16(4)11-5-10-15(2)3/h6-7,14H,5,8-11H2,1-4H3. The molecule has 0 aliphatic rings. The number of hydrogen-bond acceptors (Lipinski definition) is 5. The van der Waals surface area contributed by atoms with Crippen molar-refractivity contribution in [1.82, 2.24) is 14.5 Å². The van der Waals surface area contributed by atoms with Crippen molar-refractivity contribution in [3.05, 3.63) is 17.0 Å². The number of rotatable bonds is 9. The van der Waals surface area contributed by atoms with E-state index in [1.54, 1.807) is 13.1 Å². The molecule has 1 aromatic heterocycles. The molecule has 0 aliphatic carbocycles. The van der Waals surface area contributed by atoms with Crippen LogP contribution in [-0.4, -0.2) is 65.4 Å². The topological polar surface area (TPSA) is 52.7 Å². The van der Waals surface area contributed by atoms with Crippen molar-refractivity contribution >= 4 is 21.4 Å². The van der Waals surface area contributed by atoms with Gasteiger partial charge in [-0.15, -0.1) is 11.3 Å². The predicted molar refractivity (Wildman–Crippen MR) is 84.9 cm³/mol. The Balaban J connectivity index is 2.64. The normalized spacial score (nSPS) is 12.5. The van der Waals surface area contributed by atoms with Gasteiger partial charge in [-0.2, -0.15) is 0 Å². The molecule has 0 aliphatic heterocycles. The van der Waals surface area contributed by atoms with Crippen molar-refractivity contribution in [1.29, 1.82) is 0 Å². The first kappa shape index (κ1) is 17.6. The average molecular weight is 319 g/mol. The third-order valence-corrected chi connectivity index (χ3v) is 6.47. The summed E-state index contributed by atoms with van der Waals surface area (Å²) in [7, 11) is 4.19. The third kappa shape index (κ3) is 5.14. The summed E-state index contributed by atoms with van der Waals surface area (Å²) in [6, 6.07) is 3.62. The van der Waals surface area contributed by atoms with Crippen molar-refractivity contribution < 1.29 is 8.42 Å². The summed E-state index contributed by atoms with van der Waals surface area (Å²) in [4.78, 5) is 3.15. The average Bonchev–Trinajstić information content (AvgIpc) is 2.85. The molecule has 0 saturated heterocycles. The van der Waals surface area contributed by atoms with Gasteiger partial charge in [0.2, 0.25) is 0 Å². The predicted octanol–water partition coefficient (Wildman–Crippen LogP) is 1.08. The second kappa shape index (κ2) is 8.09. The van der Waals surface area contributed by atoms with E-state index in [0.717, 1.165) is 30.8 Å². The maximum Gasteiger partial charge on any atom is 0.252 e. The Kier molecular flexibility index (Phi) is 7.11.